The van der Waals surface area contributed by atoms with E-state index in [1.165, 1.54) is 107 Å². The predicted octanol–water partition coefficient (Wildman–Crippen LogP) is 22.1. The lowest BCUT2D eigenvalue weighted by Gasteiger charge is -2.35. The molecule has 0 bridgehead atoms. The normalized spacial score (nSPS) is 12.7. The molecule has 1 aliphatic rings. The highest BCUT2D eigenvalue weighted by molar-refractivity contribution is 7.26. The van der Waals surface area contributed by atoms with Crippen LogP contribution in [0.4, 0.5) is 34.1 Å². The summed E-state index contributed by atoms with van der Waals surface area (Å²) >= 11 is 3.71. The number of thiophene rings is 2. The molecule has 0 saturated carbocycles. The Morgan fingerprint density at radius 3 is 1.29 bits per heavy atom. The third kappa shape index (κ3) is 7.46. The Bertz CT molecular complexity index is 4690. The van der Waals surface area contributed by atoms with Crippen molar-refractivity contribution >= 4 is 119 Å². The van der Waals surface area contributed by atoms with E-state index in [4.69, 9.17) is 0 Å². The summed E-state index contributed by atoms with van der Waals surface area (Å²) in [5.74, 6) is 0. The Kier molecular flexibility index (Phi) is 10.6. The third-order valence-corrected chi connectivity index (χ3v) is 19.0. The van der Waals surface area contributed by atoms with Gasteiger partial charge in [0.25, 0.3) is 0 Å². The molecule has 15 aromatic rings. The van der Waals surface area contributed by atoms with Crippen LogP contribution in [0.5, 0.6) is 0 Å². The van der Waals surface area contributed by atoms with Crippen molar-refractivity contribution in [2.45, 2.75) is 19.3 Å². The quantitative estimate of drug-likeness (QED) is 0.143. The number of rotatable bonds is 9. The van der Waals surface area contributed by atoms with E-state index in [1.54, 1.807) is 0 Å². The first-order valence-corrected chi connectivity index (χ1v) is 29.1. The van der Waals surface area contributed by atoms with Crippen LogP contribution >= 0.6 is 22.7 Å². The second kappa shape index (κ2) is 18.3. The van der Waals surface area contributed by atoms with Gasteiger partial charge in [-0.2, -0.15) is 0 Å². The van der Waals surface area contributed by atoms with Crippen LogP contribution in [0.15, 0.2) is 273 Å². The van der Waals surface area contributed by atoms with Crippen molar-refractivity contribution in [1.29, 1.82) is 0 Å². The Balaban J connectivity index is 0.987. The Morgan fingerprint density at radius 2 is 0.725 bits per heavy atom. The highest BCUT2D eigenvalue weighted by Crippen LogP contribution is 2.52. The molecule has 378 valence electrons. The summed E-state index contributed by atoms with van der Waals surface area (Å²) in [7, 11) is 0. The van der Waals surface area contributed by atoms with Gasteiger partial charge in [0.15, 0.2) is 0 Å². The fourth-order valence-electron chi connectivity index (χ4n) is 12.8. The molecular weight excluding hydrogens is 1010 g/mol. The van der Waals surface area contributed by atoms with Gasteiger partial charge in [-0.05, 0) is 160 Å². The summed E-state index contributed by atoms with van der Waals surface area (Å²) in [5.41, 5.74) is 19.6. The molecule has 0 fully saturated rings. The fraction of sp³-hybridized carbons (Fsp3) is 0.0400. The second-order valence-corrected chi connectivity index (χ2v) is 23.9. The topological polar surface area (TPSA) is 11.4 Å². The van der Waals surface area contributed by atoms with E-state index < -0.39 is 0 Å². The highest BCUT2D eigenvalue weighted by atomic mass is 32.1. The maximum atomic E-state index is 2.52. The first kappa shape index (κ1) is 46.6. The molecule has 12 aromatic carbocycles. The summed E-state index contributed by atoms with van der Waals surface area (Å²) in [4.78, 5) is 4.96. The maximum absolute atomic E-state index is 2.52. The van der Waals surface area contributed by atoms with Gasteiger partial charge >= 0.3 is 0 Å². The van der Waals surface area contributed by atoms with Gasteiger partial charge in [0.1, 0.15) is 0 Å². The lowest BCUT2D eigenvalue weighted by Crippen LogP contribution is -2.26. The maximum Gasteiger partial charge on any atom is 0.0582 e. The number of nitrogens with zero attached hydrogens (tertiary/aromatic N) is 3. The number of fused-ring (bicyclic) bond motifs is 11. The molecule has 3 nitrogen and oxygen atoms in total. The Morgan fingerprint density at radius 1 is 0.287 bits per heavy atom. The van der Waals surface area contributed by atoms with Gasteiger partial charge in [-0.1, -0.05) is 172 Å². The lowest BCUT2D eigenvalue weighted by molar-refractivity contribution is 0.630. The molecule has 16 rings (SSSR count). The monoisotopic (exact) mass is 1060 g/mol. The van der Waals surface area contributed by atoms with Gasteiger partial charge in [0.05, 0.1) is 16.7 Å². The van der Waals surface area contributed by atoms with Gasteiger partial charge in [-0.25, -0.2) is 0 Å². The van der Waals surface area contributed by atoms with Crippen LogP contribution in [0.25, 0.3) is 101 Å². The van der Waals surface area contributed by atoms with Crippen LogP contribution in [0.1, 0.15) is 25.0 Å². The number of benzene rings is 12. The molecule has 3 aromatic heterocycles. The number of aromatic nitrogens is 1. The standard InChI is InChI=1S/C75H51N3S2/c1-75(2)66-24-12-14-26-69(66)78-68-25-13-9-21-60(68)65-43-53(44-67(75)74(65)78)52-41-58(76(54-33-29-50(30-34-54)48-17-5-3-6-18-48)56-37-39-72-63(46-56)61-22-10-15-27-70(61)79-72)45-59(42-52)77(55-35-31-51(32-36-55)49-19-7-4-8-20-49)57-38-40-73-64(47-57)62-23-11-16-28-71(62)80-73/h3-47H,1-2H3. The number of hydrogen-bond donors (Lipinski definition) is 0. The van der Waals surface area contributed by atoms with Crippen LogP contribution in [0, 0.1) is 0 Å². The van der Waals surface area contributed by atoms with Crippen molar-refractivity contribution in [3.63, 3.8) is 0 Å². The summed E-state index contributed by atoms with van der Waals surface area (Å²) in [6, 6.07) is 102. The van der Waals surface area contributed by atoms with Gasteiger partial charge in [0.2, 0.25) is 0 Å². The molecule has 5 heteroatoms. The zero-order valence-corrected chi connectivity index (χ0v) is 45.8. The van der Waals surface area contributed by atoms with Crippen molar-refractivity contribution in [1.82, 2.24) is 4.57 Å². The molecular formula is C75H51N3S2. The van der Waals surface area contributed by atoms with Gasteiger partial charge in [-0.15, -0.1) is 22.7 Å². The minimum absolute atomic E-state index is 0.286. The van der Waals surface area contributed by atoms with Crippen molar-refractivity contribution in [2.75, 3.05) is 9.80 Å². The first-order chi connectivity index (χ1) is 39.4. The van der Waals surface area contributed by atoms with Crippen molar-refractivity contribution in [3.05, 3.63) is 284 Å². The van der Waals surface area contributed by atoms with Crippen LogP contribution in [0.3, 0.4) is 0 Å². The summed E-state index contributed by atoms with van der Waals surface area (Å²) in [5, 5.41) is 7.57. The molecule has 0 radical (unpaired) electrons. The molecule has 0 spiro atoms. The molecule has 0 saturated heterocycles. The van der Waals surface area contributed by atoms with Gasteiger partial charge in [-0.3, -0.25) is 0 Å². The smallest absolute Gasteiger partial charge is 0.0582 e. The average molecular weight is 1060 g/mol. The second-order valence-electron chi connectivity index (χ2n) is 21.7. The molecule has 1 aliphatic heterocycles. The van der Waals surface area contributed by atoms with Gasteiger partial charge < -0.3 is 14.4 Å². The molecule has 0 atom stereocenters. The number of para-hydroxylation sites is 2. The molecule has 0 unspecified atom stereocenters. The van der Waals surface area contributed by atoms with Crippen molar-refractivity contribution < 1.29 is 0 Å². The zero-order valence-electron chi connectivity index (χ0n) is 44.1. The number of anilines is 6. The summed E-state index contributed by atoms with van der Waals surface area (Å²) < 4.78 is 7.64. The minimum Gasteiger partial charge on any atom is -0.310 e. The van der Waals surface area contributed by atoms with E-state index >= 15 is 0 Å². The lowest BCUT2D eigenvalue weighted by atomic mass is 9.74. The molecule has 4 heterocycles. The van der Waals surface area contributed by atoms with E-state index in [1.807, 2.05) is 22.7 Å². The molecule has 80 heavy (non-hydrogen) atoms. The highest BCUT2D eigenvalue weighted by Gasteiger charge is 2.36. The third-order valence-electron chi connectivity index (χ3n) is 16.7. The average Bonchev–Trinajstić information content (AvgIpc) is 4.34. The van der Waals surface area contributed by atoms with Crippen LogP contribution in [0.2, 0.25) is 0 Å². The molecule has 0 amide bonds. The molecule has 0 N–H and O–H groups in total. The minimum atomic E-state index is -0.286. The van der Waals surface area contributed by atoms with Crippen molar-refractivity contribution in [3.8, 4) is 39.1 Å². The zero-order chi connectivity index (χ0) is 53.1. The Hall–Kier alpha value is -9.52. The van der Waals surface area contributed by atoms with Crippen LogP contribution in [-0.4, -0.2) is 4.57 Å². The van der Waals surface area contributed by atoms with Crippen LogP contribution in [-0.2, 0) is 5.41 Å². The summed E-state index contributed by atoms with van der Waals surface area (Å²) in [6.07, 6.45) is 0. The van der Waals surface area contributed by atoms with Crippen LogP contribution < -0.4 is 9.80 Å². The van der Waals surface area contributed by atoms with E-state index in [2.05, 4.69) is 301 Å². The van der Waals surface area contributed by atoms with E-state index in [-0.39, 0.29) is 5.41 Å². The van der Waals surface area contributed by atoms with Crippen molar-refractivity contribution in [2.24, 2.45) is 0 Å². The van der Waals surface area contributed by atoms with E-state index in [0.717, 1.165) is 39.7 Å². The summed E-state index contributed by atoms with van der Waals surface area (Å²) in [6.45, 7) is 4.81. The predicted molar refractivity (Wildman–Crippen MR) is 344 cm³/mol. The van der Waals surface area contributed by atoms with Gasteiger partial charge in [0, 0.05) is 90.7 Å². The number of hydrogen-bond acceptors (Lipinski definition) is 4. The SMILES string of the molecule is CC1(C)c2ccccc2-n2c3ccccc3c3cc(-c4cc(N(c5ccc(-c6ccccc6)cc5)c5ccc6sc7ccccc7c6c5)cc(N(c5ccc(-c6ccccc6)cc5)c5ccc6sc7ccccc7c6c5)c4)cc1c32. The fourth-order valence-corrected chi connectivity index (χ4v) is 15.0. The first-order valence-electron chi connectivity index (χ1n) is 27.5. The van der Waals surface area contributed by atoms with E-state index in [9.17, 15) is 0 Å². The molecule has 0 aliphatic carbocycles. The Labute approximate surface area is 472 Å². The van der Waals surface area contributed by atoms with E-state index in [0.29, 0.717) is 0 Å². The largest absolute Gasteiger partial charge is 0.310 e.